The fraction of sp³-hybridized carbons (Fsp3) is 0.143. The van der Waals surface area contributed by atoms with Gasteiger partial charge in [0.05, 0.1) is 11.7 Å². The minimum Gasteiger partial charge on any atom is -0.457 e. The fourth-order valence-electron chi connectivity index (χ4n) is 1.73. The fourth-order valence-corrected chi connectivity index (χ4v) is 2.23. The SMILES string of the molecule is CC(O)c1c(F)cccc1Oc1cc(Cl)cc(Cl)c1. The van der Waals surface area contributed by atoms with Crippen LogP contribution >= 0.6 is 23.2 Å². The summed E-state index contributed by atoms with van der Waals surface area (Å²) >= 11 is 11.7. The molecule has 0 heterocycles. The van der Waals surface area contributed by atoms with Gasteiger partial charge in [-0.25, -0.2) is 4.39 Å². The van der Waals surface area contributed by atoms with E-state index in [4.69, 9.17) is 27.9 Å². The topological polar surface area (TPSA) is 29.5 Å². The van der Waals surface area contributed by atoms with Crippen LogP contribution in [0.1, 0.15) is 18.6 Å². The van der Waals surface area contributed by atoms with Crippen molar-refractivity contribution in [3.8, 4) is 11.5 Å². The van der Waals surface area contributed by atoms with E-state index in [1.807, 2.05) is 0 Å². The first-order chi connectivity index (χ1) is 8.97. The molecule has 0 spiro atoms. The van der Waals surface area contributed by atoms with Crippen molar-refractivity contribution in [3.05, 3.63) is 57.8 Å². The summed E-state index contributed by atoms with van der Waals surface area (Å²) in [4.78, 5) is 0. The summed E-state index contributed by atoms with van der Waals surface area (Å²) in [6.07, 6.45) is -0.981. The Morgan fingerprint density at radius 1 is 1.16 bits per heavy atom. The largest absolute Gasteiger partial charge is 0.457 e. The van der Waals surface area contributed by atoms with Gasteiger partial charge < -0.3 is 9.84 Å². The van der Waals surface area contributed by atoms with E-state index in [2.05, 4.69) is 0 Å². The third-order valence-corrected chi connectivity index (χ3v) is 2.93. The molecular formula is C14H11Cl2FO2. The summed E-state index contributed by atoms with van der Waals surface area (Å²) in [5.74, 6) is 0.0824. The Morgan fingerprint density at radius 3 is 2.37 bits per heavy atom. The van der Waals surface area contributed by atoms with Crippen molar-refractivity contribution in [3.63, 3.8) is 0 Å². The number of aliphatic hydroxyl groups excluding tert-OH is 1. The number of aliphatic hydroxyl groups is 1. The number of benzene rings is 2. The first-order valence-electron chi connectivity index (χ1n) is 5.58. The molecule has 2 nitrogen and oxygen atoms in total. The molecule has 0 amide bonds. The van der Waals surface area contributed by atoms with Gasteiger partial charge in [0.1, 0.15) is 17.3 Å². The van der Waals surface area contributed by atoms with E-state index in [-0.39, 0.29) is 11.3 Å². The van der Waals surface area contributed by atoms with Crippen molar-refractivity contribution in [2.45, 2.75) is 13.0 Å². The molecule has 0 aromatic heterocycles. The maximum Gasteiger partial charge on any atom is 0.136 e. The molecule has 0 aliphatic rings. The Bertz CT molecular complexity index is 580. The van der Waals surface area contributed by atoms with Gasteiger partial charge in [-0.3, -0.25) is 0 Å². The lowest BCUT2D eigenvalue weighted by molar-refractivity contribution is 0.190. The standard InChI is InChI=1S/C14H11Cl2FO2/c1-8(18)14-12(17)3-2-4-13(14)19-11-6-9(15)5-10(16)7-11/h2-8,18H,1H3. The summed E-state index contributed by atoms with van der Waals surface area (Å²) in [5, 5.41) is 10.4. The molecule has 2 aromatic rings. The molecule has 0 aliphatic heterocycles. The molecule has 0 radical (unpaired) electrons. The smallest absolute Gasteiger partial charge is 0.136 e. The van der Waals surface area contributed by atoms with Crippen LogP contribution in [0.15, 0.2) is 36.4 Å². The zero-order valence-electron chi connectivity index (χ0n) is 10.0. The molecule has 100 valence electrons. The van der Waals surface area contributed by atoms with Crippen molar-refractivity contribution >= 4 is 23.2 Å². The van der Waals surface area contributed by atoms with E-state index in [1.54, 1.807) is 24.3 Å². The molecule has 0 aliphatic carbocycles. The quantitative estimate of drug-likeness (QED) is 0.866. The minimum absolute atomic E-state index is 0.0959. The van der Waals surface area contributed by atoms with Gasteiger partial charge >= 0.3 is 0 Å². The molecule has 5 heteroatoms. The van der Waals surface area contributed by atoms with Crippen LogP contribution in [0.25, 0.3) is 0 Å². The van der Waals surface area contributed by atoms with Gasteiger partial charge in [-0.05, 0) is 37.3 Å². The molecule has 19 heavy (non-hydrogen) atoms. The van der Waals surface area contributed by atoms with Gasteiger partial charge in [0.25, 0.3) is 0 Å². The third-order valence-electron chi connectivity index (χ3n) is 2.49. The average molecular weight is 301 g/mol. The Hall–Kier alpha value is -1.29. The lowest BCUT2D eigenvalue weighted by Crippen LogP contribution is -1.99. The first kappa shape index (κ1) is 14.1. The Labute approximate surface area is 120 Å². The summed E-state index contributed by atoms with van der Waals surface area (Å²) in [5.41, 5.74) is 0.0959. The lowest BCUT2D eigenvalue weighted by Gasteiger charge is -2.14. The molecule has 2 rings (SSSR count). The Kier molecular flexibility index (Phi) is 4.30. The zero-order chi connectivity index (χ0) is 14.0. The van der Waals surface area contributed by atoms with Gasteiger partial charge in [0.2, 0.25) is 0 Å². The maximum absolute atomic E-state index is 13.7. The highest BCUT2D eigenvalue weighted by Crippen LogP contribution is 2.33. The van der Waals surface area contributed by atoms with Gasteiger partial charge in [-0.1, -0.05) is 29.3 Å². The molecular weight excluding hydrogens is 290 g/mol. The number of halogens is 3. The van der Waals surface area contributed by atoms with Gasteiger partial charge in [-0.15, -0.1) is 0 Å². The van der Waals surface area contributed by atoms with Crippen LogP contribution in [0, 0.1) is 5.82 Å². The van der Waals surface area contributed by atoms with E-state index in [0.29, 0.717) is 15.8 Å². The predicted molar refractivity (Wildman–Crippen MR) is 73.6 cm³/mol. The van der Waals surface area contributed by atoms with E-state index in [9.17, 15) is 9.50 Å². The first-order valence-corrected chi connectivity index (χ1v) is 6.33. The highest BCUT2D eigenvalue weighted by Gasteiger charge is 2.15. The van der Waals surface area contributed by atoms with Crippen molar-refractivity contribution < 1.29 is 14.2 Å². The van der Waals surface area contributed by atoms with Gasteiger partial charge in [-0.2, -0.15) is 0 Å². The lowest BCUT2D eigenvalue weighted by atomic mass is 10.1. The summed E-state index contributed by atoms with van der Waals surface area (Å²) < 4.78 is 19.2. The van der Waals surface area contributed by atoms with E-state index < -0.39 is 11.9 Å². The van der Waals surface area contributed by atoms with Crippen LogP contribution in [0.2, 0.25) is 10.0 Å². The molecule has 1 atom stereocenters. The van der Waals surface area contributed by atoms with Crippen molar-refractivity contribution in [1.82, 2.24) is 0 Å². The number of hydrogen-bond donors (Lipinski definition) is 1. The van der Waals surface area contributed by atoms with E-state index in [0.717, 1.165) is 0 Å². The number of hydrogen-bond acceptors (Lipinski definition) is 2. The molecule has 0 saturated heterocycles. The van der Waals surface area contributed by atoms with Gasteiger partial charge in [0, 0.05) is 10.0 Å². The normalized spacial score (nSPS) is 12.3. The molecule has 0 bridgehead atoms. The Morgan fingerprint density at radius 2 is 1.79 bits per heavy atom. The minimum atomic E-state index is -0.981. The molecule has 1 N–H and O–H groups in total. The summed E-state index contributed by atoms with van der Waals surface area (Å²) in [6.45, 7) is 1.47. The van der Waals surface area contributed by atoms with E-state index in [1.165, 1.54) is 19.1 Å². The highest BCUT2D eigenvalue weighted by atomic mass is 35.5. The van der Waals surface area contributed by atoms with Gasteiger partial charge in [0.15, 0.2) is 0 Å². The van der Waals surface area contributed by atoms with Crippen LogP contribution in [-0.4, -0.2) is 5.11 Å². The molecule has 0 fully saturated rings. The van der Waals surface area contributed by atoms with Crippen molar-refractivity contribution in [2.75, 3.05) is 0 Å². The van der Waals surface area contributed by atoms with Crippen molar-refractivity contribution in [2.24, 2.45) is 0 Å². The van der Waals surface area contributed by atoms with Crippen molar-refractivity contribution in [1.29, 1.82) is 0 Å². The Balaban J connectivity index is 2.40. The molecule has 2 aromatic carbocycles. The average Bonchev–Trinajstić information content (AvgIpc) is 2.26. The molecule has 1 unspecified atom stereocenters. The van der Waals surface area contributed by atoms with Crippen LogP contribution < -0.4 is 4.74 Å². The predicted octanol–water partition coefficient (Wildman–Crippen LogP) is 4.98. The van der Waals surface area contributed by atoms with Crippen LogP contribution in [0.5, 0.6) is 11.5 Å². The van der Waals surface area contributed by atoms with E-state index >= 15 is 0 Å². The van der Waals surface area contributed by atoms with Crippen LogP contribution in [-0.2, 0) is 0 Å². The number of rotatable bonds is 3. The highest BCUT2D eigenvalue weighted by molar-refractivity contribution is 6.34. The van der Waals surface area contributed by atoms with Crippen LogP contribution in [0.4, 0.5) is 4.39 Å². The second kappa shape index (κ2) is 5.78. The maximum atomic E-state index is 13.7. The second-order valence-corrected chi connectivity index (χ2v) is 4.91. The summed E-state index contributed by atoms with van der Waals surface area (Å²) in [6, 6.07) is 9.02. The zero-order valence-corrected chi connectivity index (χ0v) is 11.5. The second-order valence-electron chi connectivity index (χ2n) is 4.03. The van der Waals surface area contributed by atoms with Crippen LogP contribution in [0.3, 0.4) is 0 Å². The third kappa shape index (κ3) is 3.38. The monoisotopic (exact) mass is 300 g/mol. The summed E-state index contributed by atoms with van der Waals surface area (Å²) in [7, 11) is 0. The number of ether oxygens (including phenoxy) is 1. The molecule has 0 saturated carbocycles.